The van der Waals surface area contributed by atoms with Crippen molar-refractivity contribution in [3.05, 3.63) is 47.4 Å². The highest BCUT2D eigenvalue weighted by Crippen LogP contribution is 2.29. The number of amides is 3. The van der Waals surface area contributed by atoms with E-state index in [1.54, 1.807) is 29.5 Å². The summed E-state index contributed by atoms with van der Waals surface area (Å²) < 4.78 is 6.14. The summed E-state index contributed by atoms with van der Waals surface area (Å²) >= 11 is 1.61. The van der Waals surface area contributed by atoms with Crippen molar-refractivity contribution in [3.63, 3.8) is 0 Å². The molecule has 0 saturated carbocycles. The van der Waals surface area contributed by atoms with Gasteiger partial charge in [0, 0.05) is 11.6 Å². The first-order chi connectivity index (χ1) is 12.5. The van der Waals surface area contributed by atoms with Crippen LogP contribution in [-0.4, -0.2) is 23.5 Å². The van der Waals surface area contributed by atoms with Crippen LogP contribution in [0.2, 0.25) is 0 Å². The number of carbonyl (C=O) groups is 2. The second kappa shape index (κ2) is 8.01. The van der Waals surface area contributed by atoms with Crippen molar-refractivity contribution >= 4 is 39.2 Å². The Morgan fingerprint density at radius 3 is 2.81 bits per heavy atom. The van der Waals surface area contributed by atoms with Crippen LogP contribution in [0.1, 0.15) is 30.5 Å². The maximum atomic E-state index is 12.0. The van der Waals surface area contributed by atoms with E-state index in [4.69, 9.17) is 4.42 Å². The molecule has 3 amide bonds. The first-order valence-electron chi connectivity index (χ1n) is 8.25. The molecule has 3 aromatic rings. The molecule has 0 bridgehead atoms. The summed E-state index contributed by atoms with van der Waals surface area (Å²) in [5, 5.41) is 8.98. The molecule has 8 heteroatoms. The number of furan rings is 1. The Bertz CT molecular complexity index is 902. The first kappa shape index (κ1) is 17.9. The summed E-state index contributed by atoms with van der Waals surface area (Å²) in [4.78, 5) is 28.3. The van der Waals surface area contributed by atoms with Crippen LogP contribution in [0.5, 0.6) is 0 Å². The van der Waals surface area contributed by atoms with Gasteiger partial charge in [-0.2, -0.15) is 0 Å². The minimum Gasteiger partial charge on any atom is -0.467 e. The Hall–Kier alpha value is -2.87. The van der Waals surface area contributed by atoms with Crippen LogP contribution in [0.3, 0.4) is 0 Å². The zero-order valence-electron chi connectivity index (χ0n) is 14.5. The molecule has 136 valence electrons. The van der Waals surface area contributed by atoms with Gasteiger partial charge < -0.3 is 20.4 Å². The number of urea groups is 1. The fourth-order valence-corrected chi connectivity index (χ4v) is 3.27. The van der Waals surface area contributed by atoms with Gasteiger partial charge in [0.2, 0.25) is 5.91 Å². The summed E-state index contributed by atoms with van der Waals surface area (Å²) in [6, 6.07) is 8.63. The van der Waals surface area contributed by atoms with Crippen molar-refractivity contribution < 1.29 is 14.0 Å². The Kier molecular flexibility index (Phi) is 5.52. The maximum absolute atomic E-state index is 12.0. The largest absolute Gasteiger partial charge is 0.467 e. The van der Waals surface area contributed by atoms with E-state index >= 15 is 0 Å². The predicted molar refractivity (Wildman–Crippen MR) is 101 cm³/mol. The number of benzene rings is 1. The fraction of sp³-hybridized carbons (Fsp3) is 0.278. The second-order valence-electron chi connectivity index (χ2n) is 6.05. The van der Waals surface area contributed by atoms with Gasteiger partial charge in [0.15, 0.2) is 0 Å². The van der Waals surface area contributed by atoms with Gasteiger partial charge in [0.25, 0.3) is 0 Å². The highest BCUT2D eigenvalue weighted by Gasteiger charge is 2.10. The van der Waals surface area contributed by atoms with Crippen molar-refractivity contribution in [1.82, 2.24) is 15.6 Å². The normalized spacial score (nSPS) is 10.9. The van der Waals surface area contributed by atoms with Gasteiger partial charge in [0.05, 0.1) is 34.6 Å². The molecule has 7 nitrogen and oxygen atoms in total. The van der Waals surface area contributed by atoms with Gasteiger partial charge in [-0.3, -0.25) is 4.79 Å². The molecule has 0 fully saturated rings. The molecule has 1 aromatic carbocycles. The summed E-state index contributed by atoms with van der Waals surface area (Å²) in [7, 11) is 0. The topological polar surface area (TPSA) is 96.3 Å². The molecule has 3 N–H and O–H groups in total. The van der Waals surface area contributed by atoms with Crippen LogP contribution in [0.4, 0.5) is 10.5 Å². The lowest BCUT2D eigenvalue weighted by molar-refractivity contribution is -0.120. The standard InChI is InChI=1S/C18H20N4O3S/c1-11(2)17-22-14-6-5-12(8-15(14)26-17)21-18(24)20-10-16(23)19-9-13-4-3-7-25-13/h3-8,11H,9-10H2,1-2H3,(H,19,23)(H2,20,21,24). The van der Waals surface area contributed by atoms with Crippen LogP contribution in [-0.2, 0) is 11.3 Å². The number of carbonyl (C=O) groups excluding carboxylic acids is 2. The van der Waals surface area contributed by atoms with Crippen molar-refractivity contribution in [3.8, 4) is 0 Å². The van der Waals surface area contributed by atoms with Crippen LogP contribution in [0.15, 0.2) is 41.0 Å². The van der Waals surface area contributed by atoms with Gasteiger partial charge in [-0.15, -0.1) is 11.3 Å². The van der Waals surface area contributed by atoms with Gasteiger partial charge in [0.1, 0.15) is 5.76 Å². The lowest BCUT2D eigenvalue weighted by Crippen LogP contribution is -2.38. The summed E-state index contributed by atoms with van der Waals surface area (Å²) in [6.45, 7) is 4.37. The van der Waals surface area contributed by atoms with E-state index in [-0.39, 0.29) is 19.0 Å². The van der Waals surface area contributed by atoms with E-state index in [2.05, 4.69) is 34.8 Å². The molecule has 26 heavy (non-hydrogen) atoms. The Labute approximate surface area is 154 Å². The summed E-state index contributed by atoms with van der Waals surface area (Å²) in [6.07, 6.45) is 1.54. The minimum atomic E-state index is -0.439. The van der Waals surface area contributed by atoms with Gasteiger partial charge in [-0.25, -0.2) is 9.78 Å². The van der Waals surface area contributed by atoms with Crippen LogP contribution >= 0.6 is 11.3 Å². The number of nitrogens with zero attached hydrogens (tertiary/aromatic N) is 1. The van der Waals surface area contributed by atoms with Crippen molar-refractivity contribution in [2.24, 2.45) is 0 Å². The molecular weight excluding hydrogens is 352 g/mol. The number of hydrogen-bond donors (Lipinski definition) is 3. The highest BCUT2D eigenvalue weighted by molar-refractivity contribution is 7.18. The number of rotatable bonds is 6. The second-order valence-corrected chi connectivity index (χ2v) is 7.12. The van der Waals surface area contributed by atoms with Crippen molar-refractivity contribution in [2.45, 2.75) is 26.3 Å². The number of nitrogens with one attached hydrogen (secondary N) is 3. The number of aromatic nitrogens is 1. The molecule has 3 rings (SSSR count). The van der Waals surface area contributed by atoms with Crippen LogP contribution < -0.4 is 16.0 Å². The van der Waals surface area contributed by atoms with E-state index in [0.717, 1.165) is 15.2 Å². The van der Waals surface area contributed by atoms with Gasteiger partial charge >= 0.3 is 6.03 Å². The first-order valence-corrected chi connectivity index (χ1v) is 9.07. The Morgan fingerprint density at radius 1 is 1.23 bits per heavy atom. The Morgan fingerprint density at radius 2 is 2.08 bits per heavy atom. The molecule has 2 aromatic heterocycles. The molecule has 0 atom stereocenters. The van der Waals surface area contributed by atoms with E-state index in [1.807, 2.05) is 12.1 Å². The molecule has 2 heterocycles. The van der Waals surface area contributed by atoms with E-state index in [0.29, 0.717) is 17.4 Å². The van der Waals surface area contributed by atoms with E-state index < -0.39 is 6.03 Å². The molecule has 0 spiro atoms. The number of anilines is 1. The quantitative estimate of drug-likeness (QED) is 0.617. The van der Waals surface area contributed by atoms with E-state index in [9.17, 15) is 9.59 Å². The SMILES string of the molecule is CC(C)c1nc2ccc(NC(=O)NCC(=O)NCc3ccco3)cc2s1. The highest BCUT2D eigenvalue weighted by atomic mass is 32.1. The molecular formula is C18H20N4O3S. The third kappa shape index (κ3) is 4.60. The number of fused-ring (bicyclic) bond motifs is 1. The third-order valence-electron chi connectivity index (χ3n) is 3.61. The van der Waals surface area contributed by atoms with Gasteiger partial charge in [-0.05, 0) is 30.3 Å². The predicted octanol–water partition coefficient (Wildman–Crippen LogP) is 3.45. The summed E-state index contributed by atoms with van der Waals surface area (Å²) in [5.74, 6) is 0.726. The zero-order valence-corrected chi connectivity index (χ0v) is 15.4. The maximum Gasteiger partial charge on any atom is 0.319 e. The third-order valence-corrected chi connectivity index (χ3v) is 4.92. The van der Waals surface area contributed by atoms with Crippen LogP contribution in [0.25, 0.3) is 10.2 Å². The number of thiazole rings is 1. The lowest BCUT2D eigenvalue weighted by Gasteiger charge is -2.08. The number of hydrogen-bond acceptors (Lipinski definition) is 5. The molecule has 0 aliphatic rings. The Balaban J connectivity index is 1.49. The van der Waals surface area contributed by atoms with Crippen molar-refractivity contribution in [2.75, 3.05) is 11.9 Å². The summed E-state index contributed by atoms with van der Waals surface area (Å²) in [5.41, 5.74) is 1.58. The fourth-order valence-electron chi connectivity index (χ4n) is 2.26. The molecule has 0 radical (unpaired) electrons. The minimum absolute atomic E-state index is 0.118. The van der Waals surface area contributed by atoms with Crippen molar-refractivity contribution in [1.29, 1.82) is 0 Å². The van der Waals surface area contributed by atoms with Gasteiger partial charge in [-0.1, -0.05) is 13.8 Å². The van der Waals surface area contributed by atoms with E-state index in [1.165, 1.54) is 6.26 Å². The monoisotopic (exact) mass is 372 g/mol. The smallest absolute Gasteiger partial charge is 0.319 e. The molecule has 0 aliphatic carbocycles. The molecule has 0 aliphatic heterocycles. The average molecular weight is 372 g/mol. The zero-order chi connectivity index (χ0) is 18.5. The lowest BCUT2D eigenvalue weighted by atomic mass is 10.2. The van der Waals surface area contributed by atoms with Crippen LogP contribution in [0, 0.1) is 0 Å². The molecule has 0 saturated heterocycles. The molecule has 0 unspecified atom stereocenters. The average Bonchev–Trinajstić information content (AvgIpc) is 3.27.